The molecule has 1 heterocycles. The van der Waals surface area contributed by atoms with Crippen molar-refractivity contribution in [2.24, 2.45) is 5.73 Å². The van der Waals surface area contributed by atoms with Crippen LogP contribution in [-0.4, -0.2) is 12.0 Å². The Hall–Kier alpha value is -1.39. The highest BCUT2D eigenvalue weighted by atomic mass is 32.1. The summed E-state index contributed by atoms with van der Waals surface area (Å²) in [5.74, 6) is 0. The molecule has 17 heavy (non-hydrogen) atoms. The van der Waals surface area contributed by atoms with Crippen molar-refractivity contribution in [2.45, 2.75) is 20.0 Å². The zero-order valence-corrected chi connectivity index (χ0v) is 11.0. The van der Waals surface area contributed by atoms with Crippen LogP contribution in [0.1, 0.15) is 16.8 Å². The second-order valence-electron chi connectivity index (χ2n) is 4.17. The van der Waals surface area contributed by atoms with E-state index in [1.165, 1.54) is 16.8 Å². The Labute approximate surface area is 106 Å². The fourth-order valence-electron chi connectivity index (χ4n) is 1.85. The lowest BCUT2D eigenvalue weighted by atomic mass is 10.1. The molecule has 90 valence electrons. The van der Waals surface area contributed by atoms with Gasteiger partial charge in [0, 0.05) is 24.7 Å². The Morgan fingerprint density at radius 1 is 1.41 bits per heavy atom. The average molecular weight is 247 g/mol. The molecule has 1 aromatic heterocycles. The molecule has 4 heteroatoms. The third kappa shape index (κ3) is 2.84. The van der Waals surface area contributed by atoms with Gasteiger partial charge in [0.05, 0.1) is 17.7 Å². The monoisotopic (exact) mass is 247 g/mol. The number of anilines is 1. The van der Waals surface area contributed by atoms with E-state index in [0.29, 0.717) is 6.54 Å². The van der Waals surface area contributed by atoms with Crippen molar-refractivity contribution in [2.75, 3.05) is 11.9 Å². The van der Waals surface area contributed by atoms with Crippen LogP contribution in [-0.2, 0) is 13.1 Å². The summed E-state index contributed by atoms with van der Waals surface area (Å²) in [5, 5.41) is 2.08. The molecule has 0 saturated heterocycles. The highest BCUT2D eigenvalue weighted by molar-refractivity contribution is 7.07. The molecular weight excluding hydrogens is 230 g/mol. The van der Waals surface area contributed by atoms with Crippen LogP contribution in [0, 0.1) is 6.92 Å². The van der Waals surface area contributed by atoms with E-state index < -0.39 is 0 Å². The fourth-order valence-corrected chi connectivity index (χ4v) is 2.40. The average Bonchev–Trinajstić information content (AvgIpc) is 2.81. The molecule has 0 atom stereocenters. The normalized spacial score (nSPS) is 10.5. The Morgan fingerprint density at radius 3 is 2.88 bits per heavy atom. The molecule has 0 aliphatic carbocycles. The van der Waals surface area contributed by atoms with E-state index in [0.717, 1.165) is 12.2 Å². The minimum atomic E-state index is 0.566. The van der Waals surface area contributed by atoms with Crippen LogP contribution in [0.2, 0.25) is 0 Å². The molecule has 0 fully saturated rings. The predicted octanol–water partition coefficient (Wildman–Crippen LogP) is 2.55. The van der Waals surface area contributed by atoms with Gasteiger partial charge < -0.3 is 10.6 Å². The van der Waals surface area contributed by atoms with Crippen molar-refractivity contribution in [3.63, 3.8) is 0 Å². The number of benzene rings is 1. The van der Waals surface area contributed by atoms with Gasteiger partial charge in [-0.2, -0.15) is 0 Å². The molecule has 0 aliphatic rings. The maximum atomic E-state index is 5.77. The number of thiazole rings is 1. The number of nitrogens with zero attached hydrogens (tertiary/aromatic N) is 2. The van der Waals surface area contributed by atoms with Crippen LogP contribution >= 0.6 is 11.3 Å². The van der Waals surface area contributed by atoms with E-state index in [-0.39, 0.29) is 0 Å². The Morgan fingerprint density at radius 2 is 2.24 bits per heavy atom. The quantitative estimate of drug-likeness (QED) is 0.903. The van der Waals surface area contributed by atoms with Gasteiger partial charge in [0.1, 0.15) is 0 Å². The summed E-state index contributed by atoms with van der Waals surface area (Å²) in [4.78, 5) is 6.50. The number of rotatable bonds is 4. The largest absolute Gasteiger partial charge is 0.368 e. The number of aryl methyl sites for hydroxylation is 1. The first kappa shape index (κ1) is 12.1. The van der Waals surface area contributed by atoms with Gasteiger partial charge in [-0.05, 0) is 24.1 Å². The molecule has 2 aromatic rings. The van der Waals surface area contributed by atoms with Crippen molar-refractivity contribution in [3.05, 3.63) is 45.9 Å². The minimum absolute atomic E-state index is 0.566. The molecule has 0 amide bonds. The molecule has 0 bridgehead atoms. The zero-order chi connectivity index (χ0) is 12.3. The van der Waals surface area contributed by atoms with E-state index in [4.69, 9.17) is 5.73 Å². The maximum absolute atomic E-state index is 5.77. The Bertz CT molecular complexity index is 479. The smallest absolute Gasteiger partial charge is 0.0795 e. The van der Waals surface area contributed by atoms with Gasteiger partial charge >= 0.3 is 0 Å². The number of hydrogen-bond donors (Lipinski definition) is 1. The molecule has 0 spiro atoms. The van der Waals surface area contributed by atoms with Crippen molar-refractivity contribution in [1.29, 1.82) is 0 Å². The Kier molecular flexibility index (Phi) is 3.76. The summed E-state index contributed by atoms with van der Waals surface area (Å²) in [5.41, 5.74) is 12.4. The van der Waals surface area contributed by atoms with E-state index in [1.54, 1.807) is 11.3 Å². The van der Waals surface area contributed by atoms with Crippen LogP contribution in [0.25, 0.3) is 0 Å². The van der Waals surface area contributed by atoms with E-state index >= 15 is 0 Å². The van der Waals surface area contributed by atoms with Crippen LogP contribution in [0.5, 0.6) is 0 Å². The standard InChI is InChI=1S/C13H17N3S/c1-10-3-4-11(6-14)13(5-10)16(2)7-12-8-17-9-15-12/h3-5,8-9H,6-7,14H2,1-2H3. The lowest BCUT2D eigenvalue weighted by molar-refractivity contribution is 0.879. The third-order valence-electron chi connectivity index (χ3n) is 2.75. The summed E-state index contributed by atoms with van der Waals surface area (Å²) < 4.78 is 0. The van der Waals surface area contributed by atoms with Crippen molar-refractivity contribution >= 4 is 17.0 Å². The second kappa shape index (κ2) is 5.29. The molecule has 2 N–H and O–H groups in total. The molecule has 0 unspecified atom stereocenters. The summed E-state index contributed by atoms with van der Waals surface area (Å²) >= 11 is 1.63. The topological polar surface area (TPSA) is 42.1 Å². The zero-order valence-electron chi connectivity index (χ0n) is 10.2. The van der Waals surface area contributed by atoms with Crippen molar-refractivity contribution in [1.82, 2.24) is 4.98 Å². The van der Waals surface area contributed by atoms with Crippen molar-refractivity contribution in [3.8, 4) is 0 Å². The lowest BCUT2D eigenvalue weighted by Gasteiger charge is -2.21. The van der Waals surface area contributed by atoms with E-state index in [9.17, 15) is 0 Å². The van der Waals surface area contributed by atoms with Gasteiger partial charge in [-0.15, -0.1) is 11.3 Å². The first-order chi connectivity index (χ1) is 8.20. The van der Waals surface area contributed by atoms with Crippen molar-refractivity contribution < 1.29 is 0 Å². The highest BCUT2D eigenvalue weighted by Gasteiger charge is 2.08. The number of aromatic nitrogens is 1. The second-order valence-corrected chi connectivity index (χ2v) is 4.89. The predicted molar refractivity (Wildman–Crippen MR) is 73.3 cm³/mol. The summed E-state index contributed by atoms with van der Waals surface area (Å²) in [6.45, 7) is 3.48. The lowest BCUT2D eigenvalue weighted by Crippen LogP contribution is -2.19. The SMILES string of the molecule is Cc1ccc(CN)c(N(C)Cc2cscn2)c1. The van der Waals surface area contributed by atoms with Crippen LogP contribution in [0.3, 0.4) is 0 Å². The first-order valence-electron chi connectivity index (χ1n) is 5.58. The fraction of sp³-hybridized carbons (Fsp3) is 0.308. The van der Waals surface area contributed by atoms with Gasteiger partial charge in [0.25, 0.3) is 0 Å². The maximum Gasteiger partial charge on any atom is 0.0795 e. The molecular formula is C13H17N3S. The molecule has 0 saturated carbocycles. The summed E-state index contributed by atoms with van der Waals surface area (Å²) in [6.07, 6.45) is 0. The van der Waals surface area contributed by atoms with E-state index in [1.807, 2.05) is 5.51 Å². The molecule has 1 aromatic carbocycles. The molecule has 3 nitrogen and oxygen atoms in total. The summed E-state index contributed by atoms with van der Waals surface area (Å²) in [6, 6.07) is 6.37. The summed E-state index contributed by atoms with van der Waals surface area (Å²) in [7, 11) is 2.08. The Balaban J connectivity index is 2.23. The van der Waals surface area contributed by atoms with Crippen LogP contribution in [0.4, 0.5) is 5.69 Å². The van der Waals surface area contributed by atoms with Gasteiger partial charge in [-0.25, -0.2) is 4.98 Å². The minimum Gasteiger partial charge on any atom is -0.368 e. The van der Waals surface area contributed by atoms with Crippen LogP contribution < -0.4 is 10.6 Å². The third-order valence-corrected chi connectivity index (χ3v) is 3.39. The van der Waals surface area contributed by atoms with Crippen LogP contribution in [0.15, 0.2) is 29.1 Å². The van der Waals surface area contributed by atoms with Gasteiger partial charge in [-0.3, -0.25) is 0 Å². The highest BCUT2D eigenvalue weighted by Crippen LogP contribution is 2.22. The number of hydrogen-bond acceptors (Lipinski definition) is 4. The number of nitrogens with two attached hydrogens (primary N) is 1. The van der Waals surface area contributed by atoms with Gasteiger partial charge in [0.15, 0.2) is 0 Å². The molecule has 0 radical (unpaired) electrons. The molecule has 2 rings (SSSR count). The molecule has 0 aliphatic heterocycles. The first-order valence-corrected chi connectivity index (χ1v) is 6.53. The van der Waals surface area contributed by atoms with Gasteiger partial charge in [-0.1, -0.05) is 12.1 Å². The van der Waals surface area contributed by atoms with E-state index in [2.05, 4.69) is 47.4 Å². The van der Waals surface area contributed by atoms with Gasteiger partial charge in [0.2, 0.25) is 0 Å².